The molecule has 8 nitrogen and oxygen atoms in total. The molecule has 0 aliphatic carbocycles. The van der Waals surface area contributed by atoms with Crippen molar-refractivity contribution in [3.8, 4) is 5.75 Å². The minimum atomic E-state index is -0.230. The van der Waals surface area contributed by atoms with Crippen LogP contribution < -0.4 is 10.1 Å². The molecule has 0 saturated heterocycles. The topological polar surface area (TPSA) is 85.4 Å². The highest BCUT2D eigenvalue weighted by atomic mass is 16.5. The number of carbonyl (C=O) groups is 1. The maximum absolute atomic E-state index is 12.7. The van der Waals surface area contributed by atoms with Crippen LogP contribution in [0.15, 0.2) is 35.1 Å². The lowest BCUT2D eigenvalue weighted by Gasteiger charge is -2.24. The molecule has 1 aromatic carbocycles. The fraction of sp³-hybridized carbons (Fsp3) is 0.480. The van der Waals surface area contributed by atoms with Gasteiger partial charge >= 0.3 is 0 Å². The van der Waals surface area contributed by atoms with Gasteiger partial charge in [-0.05, 0) is 48.6 Å². The number of furan rings is 1. The second kappa shape index (κ2) is 9.79. The zero-order chi connectivity index (χ0) is 23.5. The van der Waals surface area contributed by atoms with Gasteiger partial charge < -0.3 is 19.0 Å². The zero-order valence-corrected chi connectivity index (χ0v) is 20.1. The molecular formula is C25H33N5O3. The predicted octanol–water partition coefficient (Wildman–Crippen LogP) is 3.68. The number of fused-ring (bicyclic) bond motifs is 1. The van der Waals surface area contributed by atoms with Gasteiger partial charge in [0.2, 0.25) is 0 Å². The van der Waals surface area contributed by atoms with E-state index in [0.29, 0.717) is 5.56 Å². The Labute approximate surface area is 194 Å². The molecule has 0 unspecified atom stereocenters. The van der Waals surface area contributed by atoms with E-state index in [-0.39, 0.29) is 17.9 Å². The first kappa shape index (κ1) is 23.0. The number of rotatable bonds is 7. The number of benzene rings is 1. The second-order valence-corrected chi connectivity index (χ2v) is 9.04. The van der Waals surface area contributed by atoms with E-state index in [1.807, 2.05) is 0 Å². The Kier molecular flexibility index (Phi) is 6.83. The molecule has 1 amide bonds. The number of hydrogen-bond acceptors (Lipinski definition) is 6. The largest absolute Gasteiger partial charge is 0.496 e. The summed E-state index contributed by atoms with van der Waals surface area (Å²) in [6, 6.07) is 5.65. The number of hydrogen-bond donors (Lipinski definition) is 1. The van der Waals surface area contributed by atoms with Gasteiger partial charge in [-0.15, -0.1) is 10.2 Å². The van der Waals surface area contributed by atoms with Gasteiger partial charge in [-0.1, -0.05) is 19.9 Å². The van der Waals surface area contributed by atoms with Crippen molar-refractivity contribution in [2.24, 2.45) is 5.92 Å². The molecule has 4 rings (SSSR count). The average molecular weight is 452 g/mol. The fourth-order valence-electron chi connectivity index (χ4n) is 4.41. The van der Waals surface area contributed by atoms with Gasteiger partial charge in [0.15, 0.2) is 5.82 Å². The molecule has 8 heteroatoms. The van der Waals surface area contributed by atoms with Gasteiger partial charge in [0, 0.05) is 32.6 Å². The quantitative estimate of drug-likeness (QED) is 0.590. The third-order valence-corrected chi connectivity index (χ3v) is 6.63. The standard InChI is InChI=1S/C25H33N5O3/c1-16(2)23(26-25(31)20-9-13-33-15-20)24-28-27-22-8-10-29(11-12-30(22)24)14-19-6-7-21(32-5)18(4)17(19)3/h6-7,9,13,15-16,23H,8,10-12,14H2,1-5H3,(H,26,31)/t23-/m0/s1. The van der Waals surface area contributed by atoms with Crippen LogP contribution in [0.5, 0.6) is 5.75 Å². The number of amides is 1. The smallest absolute Gasteiger partial charge is 0.255 e. The monoisotopic (exact) mass is 451 g/mol. The third-order valence-electron chi connectivity index (χ3n) is 6.63. The Bertz CT molecular complexity index is 1100. The Morgan fingerprint density at radius 1 is 1.15 bits per heavy atom. The van der Waals surface area contributed by atoms with Crippen LogP contribution in [0.25, 0.3) is 0 Å². The van der Waals surface area contributed by atoms with E-state index in [2.05, 4.69) is 64.8 Å². The molecule has 0 fully saturated rings. The highest BCUT2D eigenvalue weighted by Gasteiger charge is 2.28. The van der Waals surface area contributed by atoms with Crippen LogP contribution in [0.2, 0.25) is 0 Å². The van der Waals surface area contributed by atoms with Crippen LogP contribution in [0.4, 0.5) is 0 Å². The van der Waals surface area contributed by atoms with E-state index < -0.39 is 0 Å². The zero-order valence-electron chi connectivity index (χ0n) is 20.1. The summed E-state index contributed by atoms with van der Waals surface area (Å²) < 4.78 is 12.7. The molecule has 0 radical (unpaired) electrons. The van der Waals surface area contributed by atoms with Crippen molar-refractivity contribution in [2.45, 2.75) is 53.2 Å². The first-order chi connectivity index (χ1) is 15.9. The van der Waals surface area contributed by atoms with Crippen LogP contribution in [-0.4, -0.2) is 45.8 Å². The summed E-state index contributed by atoms with van der Waals surface area (Å²) in [5.41, 5.74) is 4.30. The van der Waals surface area contributed by atoms with Crippen molar-refractivity contribution < 1.29 is 13.9 Å². The normalized spacial score (nSPS) is 15.2. The molecule has 1 atom stereocenters. The number of nitrogens with one attached hydrogen (secondary N) is 1. The molecule has 0 spiro atoms. The minimum absolute atomic E-state index is 0.165. The van der Waals surface area contributed by atoms with Crippen molar-refractivity contribution in [1.29, 1.82) is 0 Å². The Balaban J connectivity index is 1.49. The first-order valence-corrected chi connectivity index (χ1v) is 11.5. The highest BCUT2D eigenvalue weighted by Crippen LogP contribution is 2.26. The Morgan fingerprint density at radius 2 is 1.97 bits per heavy atom. The van der Waals surface area contributed by atoms with Crippen molar-refractivity contribution in [3.05, 3.63) is 64.6 Å². The summed E-state index contributed by atoms with van der Waals surface area (Å²) in [6.07, 6.45) is 3.78. The number of ether oxygens (including phenoxy) is 1. The number of nitrogens with zero attached hydrogens (tertiary/aromatic N) is 4. The molecule has 1 aliphatic heterocycles. The molecule has 0 bridgehead atoms. The third kappa shape index (κ3) is 4.80. The molecule has 1 N–H and O–H groups in total. The molecule has 2 aromatic heterocycles. The maximum Gasteiger partial charge on any atom is 0.255 e. The van der Waals surface area contributed by atoms with Crippen LogP contribution in [0, 0.1) is 19.8 Å². The van der Waals surface area contributed by atoms with E-state index in [4.69, 9.17) is 9.15 Å². The summed E-state index contributed by atoms with van der Waals surface area (Å²) in [7, 11) is 1.71. The number of aromatic nitrogens is 3. The lowest BCUT2D eigenvalue weighted by Crippen LogP contribution is -2.34. The first-order valence-electron chi connectivity index (χ1n) is 11.5. The Hall–Kier alpha value is -3.13. The number of carbonyl (C=O) groups excluding carboxylic acids is 1. The molecule has 33 heavy (non-hydrogen) atoms. The highest BCUT2D eigenvalue weighted by molar-refractivity contribution is 5.94. The van der Waals surface area contributed by atoms with E-state index in [1.165, 1.54) is 29.2 Å². The van der Waals surface area contributed by atoms with Gasteiger partial charge in [0.05, 0.1) is 25.0 Å². The fourth-order valence-corrected chi connectivity index (χ4v) is 4.41. The van der Waals surface area contributed by atoms with Crippen molar-refractivity contribution in [2.75, 3.05) is 20.2 Å². The summed E-state index contributed by atoms with van der Waals surface area (Å²) in [5, 5.41) is 12.1. The molecule has 0 saturated carbocycles. The van der Waals surface area contributed by atoms with Crippen LogP contribution in [0.1, 0.15) is 58.6 Å². The van der Waals surface area contributed by atoms with Crippen LogP contribution >= 0.6 is 0 Å². The second-order valence-electron chi connectivity index (χ2n) is 9.04. The Morgan fingerprint density at radius 3 is 2.67 bits per heavy atom. The number of methoxy groups -OCH3 is 1. The lowest BCUT2D eigenvalue weighted by atomic mass is 10.0. The van der Waals surface area contributed by atoms with E-state index in [0.717, 1.165) is 50.0 Å². The molecule has 1 aliphatic rings. The van der Waals surface area contributed by atoms with Gasteiger partial charge in [-0.25, -0.2) is 0 Å². The predicted molar refractivity (Wildman–Crippen MR) is 125 cm³/mol. The van der Waals surface area contributed by atoms with E-state index in [1.54, 1.807) is 13.2 Å². The van der Waals surface area contributed by atoms with Gasteiger partial charge in [0.25, 0.3) is 5.91 Å². The summed E-state index contributed by atoms with van der Waals surface area (Å²) in [4.78, 5) is 15.1. The average Bonchev–Trinajstić information content (AvgIpc) is 3.43. The van der Waals surface area contributed by atoms with Gasteiger partial charge in [0.1, 0.15) is 17.8 Å². The van der Waals surface area contributed by atoms with Gasteiger partial charge in [-0.3, -0.25) is 9.69 Å². The molecular weight excluding hydrogens is 418 g/mol. The van der Waals surface area contributed by atoms with Crippen LogP contribution in [-0.2, 0) is 19.5 Å². The summed E-state index contributed by atoms with van der Waals surface area (Å²) in [5.74, 6) is 2.72. The molecule has 176 valence electrons. The maximum atomic E-state index is 12.7. The summed E-state index contributed by atoms with van der Waals surface area (Å²) >= 11 is 0. The van der Waals surface area contributed by atoms with E-state index in [9.17, 15) is 4.79 Å². The van der Waals surface area contributed by atoms with E-state index >= 15 is 0 Å². The molecule has 3 heterocycles. The molecule has 3 aromatic rings. The van der Waals surface area contributed by atoms with Crippen LogP contribution in [0.3, 0.4) is 0 Å². The van der Waals surface area contributed by atoms with Gasteiger partial charge in [-0.2, -0.15) is 0 Å². The lowest BCUT2D eigenvalue weighted by molar-refractivity contribution is 0.0921. The summed E-state index contributed by atoms with van der Waals surface area (Å²) in [6.45, 7) is 11.9. The van der Waals surface area contributed by atoms with Crippen molar-refractivity contribution >= 4 is 5.91 Å². The van der Waals surface area contributed by atoms with Crippen molar-refractivity contribution in [3.63, 3.8) is 0 Å². The van der Waals surface area contributed by atoms with Crippen molar-refractivity contribution in [1.82, 2.24) is 25.0 Å². The SMILES string of the molecule is COc1ccc(CN2CCc3nnc([C@@H](NC(=O)c4ccoc4)C(C)C)n3CC2)c(C)c1C. The minimum Gasteiger partial charge on any atom is -0.496 e.